The number of nitrogens with one attached hydrogen (secondary N) is 2. The molecule has 4 atom stereocenters. The number of benzene rings is 1. The molecular weight excluding hydrogens is 565 g/mol. The number of hydrogen-bond donors (Lipinski definition) is 4. The molecule has 4 amide bonds. The van der Waals surface area contributed by atoms with Crippen LogP contribution in [0.25, 0.3) is 0 Å². The van der Waals surface area contributed by atoms with Gasteiger partial charge in [0.1, 0.15) is 12.1 Å². The molecule has 0 aromatic heterocycles. The molecule has 1 aromatic carbocycles. The average Bonchev–Trinajstić information content (AvgIpc) is 3.51. The molecule has 2 heterocycles. The van der Waals surface area contributed by atoms with E-state index in [-0.39, 0.29) is 19.5 Å². The minimum Gasteiger partial charge on any atom is -0.444 e. The fourth-order valence-electron chi connectivity index (χ4n) is 5.08. The summed E-state index contributed by atoms with van der Waals surface area (Å²) in [4.78, 5) is 42.9. The summed E-state index contributed by atoms with van der Waals surface area (Å²) in [6.45, 7) is 8.13. The van der Waals surface area contributed by atoms with Crippen molar-refractivity contribution in [2.24, 2.45) is 5.41 Å². The van der Waals surface area contributed by atoms with Crippen LogP contribution in [-0.4, -0.2) is 108 Å². The average molecular weight is 610 g/mol. The lowest BCUT2D eigenvalue weighted by atomic mass is 9.76. The minimum absolute atomic E-state index is 0.00197. The normalized spacial score (nSPS) is 20.2. The van der Waals surface area contributed by atoms with Gasteiger partial charge in [-0.2, -0.15) is 0 Å². The Balaban J connectivity index is 1.78. The number of hydrogen-bond acceptors (Lipinski definition) is 8. The highest BCUT2D eigenvalue weighted by atomic mass is 32.2. The zero-order valence-corrected chi connectivity index (χ0v) is 26.1. The Bertz CT molecular complexity index is 1220. The van der Waals surface area contributed by atoms with Crippen LogP contribution in [0.5, 0.6) is 0 Å². The number of urea groups is 1. The van der Waals surface area contributed by atoms with Gasteiger partial charge in [-0.25, -0.2) is 22.3 Å². The summed E-state index contributed by atoms with van der Waals surface area (Å²) in [5.74, 6) is -1.55. The van der Waals surface area contributed by atoms with E-state index in [9.17, 15) is 32.8 Å². The number of sulfonamides is 1. The number of amides is 4. The standard InChI is InChI=1S/C27H44BN5O8S/c1-7-10-23(28(37)38)30-24(34)21-13-20(41-26(36)32-14-18-11-8-9-12-19(18)15-32)16-33(21)25(35)29-22(27(2,3)4)17-31(5)42(6,39)40/h8-9,11-12,20-23,37-38H,7,10,13-17H2,1-6H3,(H,29,35)(H,30,34)/t20-,21+,22-,23+/m1/s1. The van der Waals surface area contributed by atoms with Crippen LogP contribution in [0, 0.1) is 5.41 Å². The van der Waals surface area contributed by atoms with E-state index in [0.717, 1.165) is 21.7 Å². The van der Waals surface area contributed by atoms with Crippen LogP contribution in [0.15, 0.2) is 24.3 Å². The number of carbonyl (C=O) groups excluding carboxylic acids is 3. The van der Waals surface area contributed by atoms with E-state index in [0.29, 0.717) is 25.9 Å². The maximum absolute atomic E-state index is 13.6. The van der Waals surface area contributed by atoms with Crippen LogP contribution in [0.2, 0.25) is 0 Å². The molecule has 13 nitrogen and oxygen atoms in total. The van der Waals surface area contributed by atoms with Crippen molar-refractivity contribution < 1.29 is 37.6 Å². The topological polar surface area (TPSA) is 169 Å². The third-order valence-corrected chi connectivity index (χ3v) is 9.11. The maximum Gasteiger partial charge on any atom is 0.475 e. The van der Waals surface area contributed by atoms with E-state index in [1.165, 1.54) is 11.9 Å². The van der Waals surface area contributed by atoms with E-state index in [2.05, 4.69) is 10.6 Å². The summed E-state index contributed by atoms with van der Waals surface area (Å²) in [5.41, 5.74) is 1.50. The minimum atomic E-state index is -3.52. The first-order chi connectivity index (χ1) is 19.5. The highest BCUT2D eigenvalue weighted by molar-refractivity contribution is 7.88. The number of likely N-dealkylation sites (N-methyl/N-ethyl adjacent to an activating group) is 1. The van der Waals surface area contributed by atoms with Gasteiger partial charge in [-0.15, -0.1) is 0 Å². The van der Waals surface area contributed by atoms with E-state index in [4.69, 9.17) is 4.74 Å². The molecule has 2 aliphatic heterocycles. The second-order valence-electron chi connectivity index (χ2n) is 12.3. The molecule has 42 heavy (non-hydrogen) atoms. The van der Waals surface area contributed by atoms with Crippen molar-refractivity contribution in [3.05, 3.63) is 35.4 Å². The summed E-state index contributed by atoms with van der Waals surface area (Å²) < 4.78 is 31.1. The van der Waals surface area contributed by atoms with Gasteiger partial charge in [-0.1, -0.05) is 58.4 Å². The Labute approximate surface area is 248 Å². The third-order valence-electron chi connectivity index (χ3n) is 7.83. The summed E-state index contributed by atoms with van der Waals surface area (Å²) in [7, 11) is -3.89. The zero-order chi connectivity index (χ0) is 31.4. The van der Waals surface area contributed by atoms with E-state index in [1.54, 1.807) is 4.90 Å². The highest BCUT2D eigenvalue weighted by Crippen LogP contribution is 2.27. The summed E-state index contributed by atoms with van der Waals surface area (Å²) in [6, 6.07) is 5.38. The number of nitrogens with zero attached hydrogens (tertiary/aromatic N) is 3. The first-order valence-corrected chi connectivity index (χ1v) is 16.0. The van der Waals surface area contributed by atoms with Gasteiger partial charge in [0.2, 0.25) is 15.9 Å². The lowest BCUT2D eigenvalue weighted by molar-refractivity contribution is -0.125. The fraction of sp³-hybridized carbons (Fsp3) is 0.667. The lowest BCUT2D eigenvalue weighted by Crippen LogP contribution is -2.58. The molecule has 0 unspecified atom stereocenters. The van der Waals surface area contributed by atoms with E-state index < -0.39 is 64.7 Å². The molecule has 1 aromatic rings. The molecule has 3 rings (SSSR count). The second kappa shape index (κ2) is 13.6. The molecule has 0 radical (unpaired) electrons. The van der Waals surface area contributed by atoms with Gasteiger partial charge in [-0.3, -0.25) is 9.69 Å². The number of ether oxygens (including phenoxy) is 1. The summed E-state index contributed by atoms with van der Waals surface area (Å²) in [6.07, 6.45) is 0.621. The van der Waals surface area contributed by atoms with Gasteiger partial charge < -0.3 is 30.3 Å². The molecule has 1 saturated heterocycles. The first-order valence-electron chi connectivity index (χ1n) is 14.2. The lowest BCUT2D eigenvalue weighted by Gasteiger charge is -2.36. The number of rotatable bonds is 10. The summed E-state index contributed by atoms with van der Waals surface area (Å²) in [5, 5.41) is 25.0. The van der Waals surface area contributed by atoms with Crippen molar-refractivity contribution in [2.45, 2.75) is 84.2 Å². The second-order valence-corrected chi connectivity index (χ2v) is 14.4. The first kappa shape index (κ1) is 33.6. The smallest absolute Gasteiger partial charge is 0.444 e. The van der Waals surface area contributed by atoms with Gasteiger partial charge in [0.05, 0.1) is 18.7 Å². The van der Waals surface area contributed by atoms with Gasteiger partial charge in [0.25, 0.3) is 0 Å². The van der Waals surface area contributed by atoms with Crippen molar-refractivity contribution >= 4 is 35.2 Å². The summed E-state index contributed by atoms with van der Waals surface area (Å²) >= 11 is 0. The number of fused-ring (bicyclic) bond motifs is 1. The molecular formula is C27H44BN5O8S. The molecule has 4 N–H and O–H groups in total. The number of carbonyl (C=O) groups is 3. The molecule has 1 fully saturated rings. The van der Waals surface area contributed by atoms with Gasteiger partial charge >= 0.3 is 19.2 Å². The molecule has 2 aliphatic rings. The van der Waals surface area contributed by atoms with Gasteiger partial charge in [-0.05, 0) is 23.0 Å². The largest absolute Gasteiger partial charge is 0.475 e. The van der Waals surface area contributed by atoms with Crippen LogP contribution in [0.1, 0.15) is 58.1 Å². The molecule has 0 bridgehead atoms. The Hall–Kier alpha value is -2.88. The molecule has 0 saturated carbocycles. The fourth-order valence-corrected chi connectivity index (χ4v) is 5.50. The quantitative estimate of drug-likeness (QED) is 0.284. The van der Waals surface area contributed by atoms with Crippen molar-refractivity contribution in [1.29, 1.82) is 0 Å². The van der Waals surface area contributed by atoms with Gasteiger partial charge in [0.15, 0.2) is 0 Å². The highest BCUT2D eigenvalue weighted by Gasteiger charge is 2.44. The van der Waals surface area contributed by atoms with Crippen molar-refractivity contribution in [3.8, 4) is 0 Å². The molecule has 0 aliphatic carbocycles. The van der Waals surface area contributed by atoms with Crippen LogP contribution in [0.4, 0.5) is 9.59 Å². The van der Waals surface area contributed by atoms with Crippen molar-refractivity contribution in [3.63, 3.8) is 0 Å². The predicted octanol–water partition coefficient (Wildman–Crippen LogP) is 0.894. The van der Waals surface area contributed by atoms with Crippen molar-refractivity contribution in [2.75, 3.05) is 26.4 Å². The van der Waals surface area contributed by atoms with E-state index >= 15 is 0 Å². The molecule has 0 spiro atoms. The van der Waals surface area contributed by atoms with Crippen LogP contribution >= 0.6 is 0 Å². The third kappa shape index (κ3) is 8.58. The monoisotopic (exact) mass is 609 g/mol. The molecule has 234 valence electrons. The van der Waals surface area contributed by atoms with Crippen LogP contribution in [0.3, 0.4) is 0 Å². The van der Waals surface area contributed by atoms with Crippen LogP contribution in [-0.2, 0) is 32.6 Å². The van der Waals surface area contributed by atoms with Crippen LogP contribution < -0.4 is 10.6 Å². The SMILES string of the molecule is CCC[C@H](NC(=O)[C@@H]1C[C@@H](OC(=O)N2Cc3ccccc3C2)CN1C(=O)N[C@H](CN(C)S(C)(=O)=O)C(C)(C)C)B(O)O. The van der Waals surface area contributed by atoms with Gasteiger partial charge in [0, 0.05) is 39.1 Å². The number of likely N-dealkylation sites (tertiary alicyclic amines) is 1. The Morgan fingerprint density at radius 2 is 1.74 bits per heavy atom. The maximum atomic E-state index is 13.6. The Kier molecular flexibility index (Phi) is 10.9. The van der Waals surface area contributed by atoms with Crippen molar-refractivity contribution in [1.82, 2.24) is 24.7 Å². The Morgan fingerprint density at radius 3 is 2.24 bits per heavy atom. The molecule has 15 heteroatoms. The zero-order valence-electron chi connectivity index (χ0n) is 25.2. The van der Waals surface area contributed by atoms with E-state index in [1.807, 2.05) is 52.0 Å². The Morgan fingerprint density at radius 1 is 1.14 bits per heavy atom. The predicted molar refractivity (Wildman–Crippen MR) is 157 cm³/mol.